The van der Waals surface area contributed by atoms with Gasteiger partial charge in [0.25, 0.3) is 0 Å². The second kappa shape index (κ2) is 8.61. The molecule has 35 heavy (non-hydrogen) atoms. The molecule has 3 aromatic heterocycles. The Hall–Kier alpha value is -4.07. The number of aromatic nitrogens is 4. The number of para-hydroxylation sites is 2. The van der Waals surface area contributed by atoms with E-state index in [-0.39, 0.29) is 17.8 Å². The Bertz CT molecular complexity index is 1560. The molecule has 0 unspecified atom stereocenters. The maximum absolute atomic E-state index is 12.7. The van der Waals surface area contributed by atoms with E-state index in [0.717, 1.165) is 22.5 Å². The number of carbonyl (C=O) groups is 1. The fraction of sp³-hybridized carbons (Fsp3) is 0.296. The summed E-state index contributed by atoms with van der Waals surface area (Å²) in [6, 6.07) is 13.5. The van der Waals surface area contributed by atoms with Gasteiger partial charge in [-0.15, -0.1) is 0 Å². The minimum Gasteiger partial charge on any atom is -0.497 e. The van der Waals surface area contributed by atoms with E-state index in [1.54, 1.807) is 26.5 Å². The van der Waals surface area contributed by atoms with Crippen molar-refractivity contribution in [3.8, 4) is 22.9 Å². The molecule has 8 nitrogen and oxygen atoms in total. The van der Waals surface area contributed by atoms with Crippen molar-refractivity contribution in [3.05, 3.63) is 54.5 Å². The van der Waals surface area contributed by atoms with Crippen LogP contribution >= 0.6 is 0 Å². The fourth-order valence-electron chi connectivity index (χ4n) is 4.20. The van der Waals surface area contributed by atoms with E-state index < -0.39 is 0 Å². The van der Waals surface area contributed by atoms with Crippen LogP contribution in [0.3, 0.4) is 0 Å². The molecule has 0 amide bonds. The Morgan fingerprint density at radius 1 is 0.914 bits per heavy atom. The summed E-state index contributed by atoms with van der Waals surface area (Å²) in [7, 11) is 3.22. The Balaban J connectivity index is 1.92. The van der Waals surface area contributed by atoms with Gasteiger partial charge in [-0.05, 0) is 12.1 Å². The summed E-state index contributed by atoms with van der Waals surface area (Å²) in [5.74, 6) is 2.04. The largest absolute Gasteiger partial charge is 0.497 e. The zero-order valence-electron chi connectivity index (χ0n) is 20.7. The molecule has 8 heteroatoms. The van der Waals surface area contributed by atoms with Gasteiger partial charge in [-0.1, -0.05) is 39.8 Å². The van der Waals surface area contributed by atoms with E-state index in [0.29, 0.717) is 33.9 Å². The minimum absolute atomic E-state index is 0.115. The molecule has 0 fully saturated rings. The summed E-state index contributed by atoms with van der Waals surface area (Å²) in [4.78, 5) is 22.7. The van der Waals surface area contributed by atoms with Gasteiger partial charge >= 0.3 is 5.97 Å². The first-order chi connectivity index (χ1) is 16.8. The fourth-order valence-corrected chi connectivity index (χ4v) is 4.20. The summed E-state index contributed by atoms with van der Waals surface area (Å²) < 4.78 is 20.8. The normalized spacial score (nSPS) is 11.8. The van der Waals surface area contributed by atoms with E-state index in [1.165, 1.54) is 0 Å². The van der Waals surface area contributed by atoms with Crippen LogP contribution in [0.2, 0.25) is 0 Å². The van der Waals surface area contributed by atoms with Crippen LogP contribution in [0.1, 0.15) is 39.4 Å². The molecule has 0 saturated carbocycles. The van der Waals surface area contributed by atoms with Crippen molar-refractivity contribution in [2.45, 2.75) is 33.6 Å². The third-order valence-electron chi connectivity index (χ3n) is 5.99. The van der Waals surface area contributed by atoms with Crippen molar-refractivity contribution in [1.82, 2.24) is 18.9 Å². The Morgan fingerprint density at radius 3 is 2.23 bits per heavy atom. The molecule has 0 aliphatic rings. The smallest absolute Gasteiger partial charge is 0.313 e. The van der Waals surface area contributed by atoms with Crippen LogP contribution in [0.4, 0.5) is 0 Å². The van der Waals surface area contributed by atoms with E-state index in [1.807, 2.05) is 54.8 Å². The van der Waals surface area contributed by atoms with Crippen LogP contribution in [0.15, 0.2) is 48.7 Å². The molecule has 2 aromatic carbocycles. The van der Waals surface area contributed by atoms with Crippen molar-refractivity contribution < 1.29 is 19.0 Å². The highest BCUT2D eigenvalue weighted by atomic mass is 16.5. The van der Waals surface area contributed by atoms with Gasteiger partial charge in [-0.2, -0.15) is 0 Å². The average Bonchev–Trinajstić information content (AvgIpc) is 3.41. The minimum atomic E-state index is -0.325. The predicted octanol–water partition coefficient (Wildman–Crippen LogP) is 5.53. The number of rotatable bonds is 6. The van der Waals surface area contributed by atoms with Crippen LogP contribution < -0.4 is 14.2 Å². The highest BCUT2D eigenvalue weighted by molar-refractivity contribution is 6.01. The summed E-state index contributed by atoms with van der Waals surface area (Å²) in [6.45, 7) is 7.82. The predicted molar refractivity (Wildman–Crippen MR) is 135 cm³/mol. The number of imidazole rings is 1. The van der Waals surface area contributed by atoms with Gasteiger partial charge in [0, 0.05) is 24.1 Å². The lowest BCUT2D eigenvalue weighted by molar-refractivity contribution is -0.137. The molecule has 0 atom stereocenters. The van der Waals surface area contributed by atoms with E-state index >= 15 is 0 Å². The van der Waals surface area contributed by atoms with Crippen molar-refractivity contribution in [2.24, 2.45) is 5.92 Å². The molecule has 0 radical (unpaired) electrons. The number of hydrogen-bond acceptors (Lipinski definition) is 6. The number of fused-ring (bicyclic) bond motifs is 5. The highest BCUT2D eigenvalue weighted by Gasteiger charge is 2.25. The third kappa shape index (κ3) is 3.75. The zero-order valence-corrected chi connectivity index (χ0v) is 20.7. The molecule has 180 valence electrons. The van der Waals surface area contributed by atoms with Gasteiger partial charge in [-0.25, -0.2) is 9.97 Å². The zero-order chi connectivity index (χ0) is 24.9. The van der Waals surface area contributed by atoms with Crippen LogP contribution in [0.5, 0.6) is 17.2 Å². The SMILES string of the molecule is COc1cc(OC)cc(-n2cc(OC(=O)C(C)C)c3c2nc(C(C)C)n2c4ccccc4nc32)c1. The van der Waals surface area contributed by atoms with Crippen molar-refractivity contribution in [1.29, 1.82) is 0 Å². The Labute approximate surface area is 203 Å². The molecule has 5 aromatic rings. The summed E-state index contributed by atoms with van der Waals surface area (Å²) in [5.41, 5.74) is 3.90. The monoisotopic (exact) mass is 472 g/mol. The van der Waals surface area contributed by atoms with Gasteiger partial charge < -0.3 is 14.2 Å². The molecule has 3 heterocycles. The van der Waals surface area contributed by atoms with Crippen LogP contribution in [-0.4, -0.2) is 39.1 Å². The van der Waals surface area contributed by atoms with Crippen molar-refractivity contribution >= 4 is 33.7 Å². The average molecular weight is 473 g/mol. The van der Waals surface area contributed by atoms with Gasteiger partial charge in [-0.3, -0.25) is 13.8 Å². The highest BCUT2D eigenvalue weighted by Crippen LogP contribution is 2.37. The maximum atomic E-state index is 12.7. The molecule has 0 N–H and O–H groups in total. The van der Waals surface area contributed by atoms with Gasteiger partial charge in [0.05, 0.1) is 43.1 Å². The molecular weight excluding hydrogens is 444 g/mol. The van der Waals surface area contributed by atoms with Gasteiger partial charge in [0.2, 0.25) is 0 Å². The van der Waals surface area contributed by atoms with E-state index in [9.17, 15) is 4.79 Å². The summed E-state index contributed by atoms with van der Waals surface area (Å²) >= 11 is 0. The van der Waals surface area contributed by atoms with E-state index in [4.69, 9.17) is 24.2 Å². The number of methoxy groups -OCH3 is 2. The first-order valence-corrected chi connectivity index (χ1v) is 11.6. The lowest BCUT2D eigenvalue weighted by atomic mass is 10.2. The molecule has 0 saturated heterocycles. The number of carbonyl (C=O) groups excluding carboxylic acids is 1. The molecule has 0 spiro atoms. The second-order valence-electron chi connectivity index (χ2n) is 9.09. The van der Waals surface area contributed by atoms with Crippen LogP contribution in [-0.2, 0) is 4.79 Å². The number of benzene rings is 2. The number of ether oxygens (including phenoxy) is 3. The Morgan fingerprint density at radius 2 is 1.60 bits per heavy atom. The maximum Gasteiger partial charge on any atom is 0.313 e. The first-order valence-electron chi connectivity index (χ1n) is 11.6. The number of hydrogen-bond donors (Lipinski definition) is 0. The van der Waals surface area contributed by atoms with E-state index in [2.05, 4.69) is 18.2 Å². The van der Waals surface area contributed by atoms with Crippen LogP contribution in [0.25, 0.3) is 33.4 Å². The lowest BCUT2D eigenvalue weighted by Crippen LogP contribution is -2.14. The molecular formula is C27H28N4O4. The molecule has 0 aliphatic carbocycles. The summed E-state index contributed by atoms with van der Waals surface area (Å²) in [5, 5.41) is 0.668. The second-order valence-corrected chi connectivity index (χ2v) is 9.09. The van der Waals surface area contributed by atoms with Gasteiger partial charge in [0.1, 0.15) is 22.7 Å². The lowest BCUT2D eigenvalue weighted by Gasteiger charge is -2.13. The standard InChI is InChI=1S/C27H28N4O4/c1-15(2)24-29-25-23(26-28-20-9-7-8-10-21(20)31(24)26)22(35-27(32)16(3)4)14-30(25)17-11-18(33-5)13-19(12-17)34-6/h7-16H,1-6H3. The summed E-state index contributed by atoms with van der Waals surface area (Å²) in [6.07, 6.45) is 1.79. The quantitative estimate of drug-likeness (QED) is 0.302. The molecule has 0 bridgehead atoms. The third-order valence-corrected chi connectivity index (χ3v) is 5.99. The number of nitrogens with zero attached hydrogens (tertiary/aromatic N) is 4. The van der Waals surface area contributed by atoms with Crippen LogP contribution in [0, 0.1) is 5.92 Å². The topological polar surface area (TPSA) is 79.9 Å². The molecule has 5 rings (SSSR count). The Kier molecular flexibility index (Phi) is 5.59. The molecule has 0 aliphatic heterocycles. The van der Waals surface area contributed by atoms with Crippen molar-refractivity contribution in [2.75, 3.05) is 14.2 Å². The van der Waals surface area contributed by atoms with Crippen molar-refractivity contribution in [3.63, 3.8) is 0 Å². The van der Waals surface area contributed by atoms with Gasteiger partial charge in [0.15, 0.2) is 17.0 Å². The number of esters is 1. The first kappa shape index (κ1) is 22.7.